The van der Waals surface area contributed by atoms with Gasteiger partial charge >= 0.3 is 5.97 Å². The lowest BCUT2D eigenvalue weighted by Crippen LogP contribution is -2.09. The fourth-order valence-corrected chi connectivity index (χ4v) is 3.23. The van der Waals surface area contributed by atoms with Gasteiger partial charge in [0.05, 0.1) is 26.5 Å². The molecule has 0 saturated heterocycles. The van der Waals surface area contributed by atoms with Gasteiger partial charge in [0.25, 0.3) is 0 Å². The molecule has 0 bridgehead atoms. The summed E-state index contributed by atoms with van der Waals surface area (Å²) in [6, 6.07) is 13.5. The number of anilines is 1. The Bertz CT molecular complexity index is 929. The smallest absolute Gasteiger partial charge is 0.316 e. The van der Waals surface area contributed by atoms with Crippen molar-refractivity contribution in [1.82, 2.24) is 14.8 Å². The van der Waals surface area contributed by atoms with Crippen LogP contribution in [0.25, 0.3) is 5.69 Å². The van der Waals surface area contributed by atoms with Crippen LogP contribution in [0.1, 0.15) is 5.82 Å². The molecule has 146 valence electrons. The summed E-state index contributed by atoms with van der Waals surface area (Å²) in [5, 5.41) is 12.2. The van der Waals surface area contributed by atoms with Crippen molar-refractivity contribution in [2.75, 3.05) is 25.3 Å². The average molecular weight is 402 g/mol. The molecule has 3 rings (SSSR count). The van der Waals surface area contributed by atoms with Gasteiger partial charge in [0.1, 0.15) is 11.6 Å². The standard InChI is InChI=1S/C19H19FN4O3S/c1-26-16-9-7-15(8-10-16)24-17(11-21-14-5-3-13(20)4-6-14)22-23-19(24)28-12-18(25)27-2/h3-10,21H,11-12H2,1-2H3. The molecule has 0 aliphatic heterocycles. The molecule has 1 aromatic heterocycles. The largest absolute Gasteiger partial charge is 0.497 e. The number of hydrogen-bond acceptors (Lipinski definition) is 7. The van der Waals surface area contributed by atoms with Gasteiger partial charge in [-0.25, -0.2) is 4.39 Å². The Morgan fingerprint density at radius 3 is 2.46 bits per heavy atom. The maximum atomic E-state index is 13.1. The van der Waals surface area contributed by atoms with Gasteiger partial charge in [0.2, 0.25) is 0 Å². The number of benzene rings is 2. The molecule has 0 unspecified atom stereocenters. The third-order valence-corrected chi connectivity index (χ3v) is 4.78. The van der Waals surface area contributed by atoms with E-state index in [4.69, 9.17) is 9.47 Å². The number of ether oxygens (including phenoxy) is 2. The molecule has 1 heterocycles. The maximum absolute atomic E-state index is 13.1. The molecule has 0 spiro atoms. The van der Waals surface area contributed by atoms with E-state index in [1.807, 2.05) is 28.8 Å². The highest BCUT2D eigenvalue weighted by molar-refractivity contribution is 7.99. The normalized spacial score (nSPS) is 10.5. The van der Waals surface area contributed by atoms with E-state index in [2.05, 4.69) is 15.5 Å². The van der Waals surface area contributed by atoms with Gasteiger partial charge in [-0.05, 0) is 48.5 Å². The van der Waals surface area contributed by atoms with Crippen LogP contribution >= 0.6 is 11.8 Å². The third-order valence-electron chi connectivity index (χ3n) is 3.87. The molecule has 7 nitrogen and oxygen atoms in total. The first kappa shape index (κ1) is 19.7. The summed E-state index contributed by atoms with van der Waals surface area (Å²) in [5.41, 5.74) is 1.59. The SMILES string of the molecule is COC(=O)CSc1nnc(CNc2ccc(F)cc2)n1-c1ccc(OC)cc1. The van der Waals surface area contributed by atoms with Crippen molar-refractivity contribution in [1.29, 1.82) is 0 Å². The van der Waals surface area contributed by atoms with Crippen LogP contribution in [0, 0.1) is 5.82 Å². The molecule has 3 aromatic rings. The zero-order valence-electron chi connectivity index (χ0n) is 15.4. The summed E-state index contributed by atoms with van der Waals surface area (Å²) >= 11 is 1.24. The molecule has 0 saturated carbocycles. The van der Waals surface area contributed by atoms with Crippen molar-refractivity contribution in [2.45, 2.75) is 11.7 Å². The first-order valence-electron chi connectivity index (χ1n) is 8.38. The van der Waals surface area contributed by atoms with Gasteiger partial charge < -0.3 is 14.8 Å². The summed E-state index contributed by atoms with van der Waals surface area (Å²) in [6.45, 7) is 0.365. The second-order valence-corrected chi connectivity index (χ2v) is 6.60. The Balaban J connectivity index is 1.86. The van der Waals surface area contributed by atoms with Gasteiger partial charge in [-0.1, -0.05) is 11.8 Å². The molecule has 2 aromatic carbocycles. The lowest BCUT2D eigenvalue weighted by atomic mass is 10.3. The topological polar surface area (TPSA) is 78.3 Å². The summed E-state index contributed by atoms with van der Waals surface area (Å²) in [5.74, 6) is 0.845. The van der Waals surface area contributed by atoms with E-state index >= 15 is 0 Å². The first-order valence-corrected chi connectivity index (χ1v) is 9.37. The highest BCUT2D eigenvalue weighted by Crippen LogP contribution is 2.24. The first-order chi connectivity index (χ1) is 13.6. The van der Waals surface area contributed by atoms with Crippen LogP contribution in [0.4, 0.5) is 10.1 Å². The van der Waals surface area contributed by atoms with Crippen LogP contribution in [0.2, 0.25) is 0 Å². The second kappa shape index (κ2) is 9.23. The Morgan fingerprint density at radius 2 is 1.82 bits per heavy atom. The van der Waals surface area contributed by atoms with Crippen LogP contribution < -0.4 is 10.1 Å². The van der Waals surface area contributed by atoms with Crippen LogP contribution in [-0.2, 0) is 16.1 Å². The molecular weight excluding hydrogens is 383 g/mol. The lowest BCUT2D eigenvalue weighted by Gasteiger charge is -2.12. The van der Waals surface area contributed by atoms with Crippen molar-refractivity contribution in [3.63, 3.8) is 0 Å². The van der Waals surface area contributed by atoms with Crippen molar-refractivity contribution in [2.24, 2.45) is 0 Å². The Hall–Kier alpha value is -3.07. The van der Waals surface area contributed by atoms with Crippen molar-refractivity contribution >= 4 is 23.4 Å². The fourth-order valence-electron chi connectivity index (χ4n) is 2.43. The van der Waals surface area contributed by atoms with Gasteiger partial charge in [0.15, 0.2) is 11.0 Å². The lowest BCUT2D eigenvalue weighted by molar-refractivity contribution is -0.137. The van der Waals surface area contributed by atoms with E-state index in [0.717, 1.165) is 17.1 Å². The van der Waals surface area contributed by atoms with Gasteiger partial charge in [-0.2, -0.15) is 0 Å². The molecule has 0 amide bonds. The van der Waals surface area contributed by atoms with Gasteiger partial charge in [-0.3, -0.25) is 9.36 Å². The third kappa shape index (κ3) is 4.80. The van der Waals surface area contributed by atoms with Crippen LogP contribution in [0.5, 0.6) is 5.75 Å². The molecule has 0 radical (unpaired) electrons. The number of halogens is 1. The minimum absolute atomic E-state index is 0.121. The summed E-state index contributed by atoms with van der Waals surface area (Å²) in [7, 11) is 2.94. The maximum Gasteiger partial charge on any atom is 0.316 e. The average Bonchev–Trinajstić information content (AvgIpc) is 3.14. The second-order valence-electron chi connectivity index (χ2n) is 5.66. The van der Waals surface area contributed by atoms with Crippen molar-refractivity contribution < 1.29 is 18.7 Å². The number of carbonyl (C=O) groups excluding carboxylic acids is 1. The number of rotatable bonds is 8. The quantitative estimate of drug-likeness (QED) is 0.458. The molecule has 0 fully saturated rings. The van der Waals surface area contributed by atoms with Gasteiger partial charge in [0, 0.05) is 11.4 Å². The minimum Gasteiger partial charge on any atom is -0.497 e. The van der Waals surface area contributed by atoms with E-state index in [1.54, 1.807) is 19.2 Å². The molecule has 0 aliphatic carbocycles. The Labute approximate surface area is 165 Å². The predicted octanol–water partition coefficient (Wildman–Crippen LogP) is 3.29. The molecular formula is C19H19FN4O3S. The number of esters is 1. The zero-order valence-corrected chi connectivity index (χ0v) is 16.2. The Morgan fingerprint density at radius 1 is 1.11 bits per heavy atom. The number of nitrogens with zero attached hydrogens (tertiary/aromatic N) is 3. The summed E-state index contributed by atoms with van der Waals surface area (Å²) in [6.07, 6.45) is 0. The predicted molar refractivity (Wildman–Crippen MR) is 104 cm³/mol. The molecule has 9 heteroatoms. The zero-order chi connectivity index (χ0) is 19.9. The van der Waals surface area contributed by atoms with Crippen molar-refractivity contribution in [3.8, 4) is 11.4 Å². The number of thioether (sulfide) groups is 1. The minimum atomic E-state index is -0.347. The number of hydrogen-bond donors (Lipinski definition) is 1. The molecule has 28 heavy (non-hydrogen) atoms. The number of aromatic nitrogens is 3. The number of nitrogens with one attached hydrogen (secondary N) is 1. The van der Waals surface area contributed by atoms with Crippen molar-refractivity contribution in [3.05, 3.63) is 60.2 Å². The van der Waals surface area contributed by atoms with Crippen LogP contribution in [0.15, 0.2) is 53.7 Å². The summed E-state index contributed by atoms with van der Waals surface area (Å²) < 4.78 is 24.8. The highest BCUT2D eigenvalue weighted by Gasteiger charge is 2.16. The monoisotopic (exact) mass is 402 g/mol. The van der Waals surface area contributed by atoms with Gasteiger partial charge in [-0.15, -0.1) is 10.2 Å². The summed E-state index contributed by atoms with van der Waals surface area (Å²) in [4.78, 5) is 11.5. The van der Waals surface area contributed by atoms with E-state index < -0.39 is 0 Å². The van der Waals surface area contributed by atoms with E-state index in [1.165, 1.54) is 31.0 Å². The number of methoxy groups -OCH3 is 2. The van der Waals surface area contributed by atoms with Crippen LogP contribution in [0.3, 0.4) is 0 Å². The van der Waals surface area contributed by atoms with E-state index in [0.29, 0.717) is 17.5 Å². The number of carbonyl (C=O) groups is 1. The van der Waals surface area contributed by atoms with E-state index in [9.17, 15) is 9.18 Å². The van der Waals surface area contributed by atoms with E-state index in [-0.39, 0.29) is 17.5 Å². The molecule has 0 aliphatic rings. The fraction of sp³-hybridized carbons (Fsp3) is 0.211. The molecule has 0 atom stereocenters. The Kier molecular flexibility index (Phi) is 6.49. The van der Waals surface area contributed by atoms with Crippen LogP contribution in [-0.4, -0.2) is 40.7 Å². The molecule has 1 N–H and O–H groups in total. The highest BCUT2D eigenvalue weighted by atomic mass is 32.2.